The largest absolute Gasteiger partial charge is 0.624 e. The van der Waals surface area contributed by atoms with Gasteiger partial charge in [0.25, 0.3) is 0 Å². The van der Waals surface area contributed by atoms with Gasteiger partial charge in [-0.05, 0) is 12.8 Å². The lowest BCUT2D eigenvalue weighted by Gasteiger charge is -2.05. The molecular formula is C48H97NO. The Hall–Kier alpha value is -0.530. The fraction of sp³-hybridized carbons (Fsp3) is 0.979. The summed E-state index contributed by atoms with van der Waals surface area (Å²) >= 11 is 0. The molecule has 0 spiro atoms. The molecule has 2 heteroatoms. The lowest BCUT2D eigenvalue weighted by Crippen LogP contribution is -2.06. The fourth-order valence-corrected chi connectivity index (χ4v) is 7.78. The summed E-state index contributed by atoms with van der Waals surface area (Å²) < 4.78 is 1.22. The fourth-order valence-electron chi connectivity index (χ4n) is 7.78. The molecule has 0 aromatic heterocycles. The van der Waals surface area contributed by atoms with E-state index in [2.05, 4.69) is 13.8 Å². The molecule has 50 heavy (non-hydrogen) atoms. The van der Waals surface area contributed by atoms with Crippen molar-refractivity contribution in [3.05, 3.63) is 5.21 Å². The third-order valence-corrected chi connectivity index (χ3v) is 11.4. The van der Waals surface area contributed by atoms with Gasteiger partial charge in [0.2, 0.25) is 0 Å². The number of nitrogens with zero attached hydrogens (tertiary/aromatic N) is 1. The van der Waals surface area contributed by atoms with Gasteiger partial charge in [-0.15, -0.1) is 0 Å². The molecule has 0 radical (unpaired) electrons. The zero-order valence-electron chi connectivity index (χ0n) is 35.3. The molecule has 0 aliphatic carbocycles. The van der Waals surface area contributed by atoms with E-state index in [4.69, 9.17) is 0 Å². The first kappa shape index (κ1) is 49.5. The van der Waals surface area contributed by atoms with E-state index >= 15 is 0 Å². The van der Waals surface area contributed by atoms with Gasteiger partial charge < -0.3 is 5.21 Å². The summed E-state index contributed by atoms with van der Waals surface area (Å²) in [6.45, 7) is 5.30. The summed E-state index contributed by atoms with van der Waals surface area (Å²) in [5.41, 5.74) is 0. The lowest BCUT2D eigenvalue weighted by atomic mass is 10.0. The van der Waals surface area contributed by atoms with Crippen molar-refractivity contribution in [2.75, 3.05) is 6.54 Å². The van der Waals surface area contributed by atoms with E-state index in [1.54, 1.807) is 0 Å². The Labute approximate surface area is 318 Å². The summed E-state index contributed by atoms with van der Waals surface area (Å²) in [5, 5.41) is 12.1. The van der Waals surface area contributed by atoms with Crippen LogP contribution in [0.25, 0.3) is 0 Å². The van der Waals surface area contributed by atoms with Crippen LogP contribution in [0.3, 0.4) is 0 Å². The predicted molar refractivity (Wildman–Crippen MR) is 229 cm³/mol. The van der Waals surface area contributed by atoms with Crippen molar-refractivity contribution in [1.82, 2.24) is 0 Å². The molecule has 0 aliphatic heterocycles. The Bertz CT molecular complexity index is 615. The first-order valence-electron chi connectivity index (χ1n) is 24.1. The quantitative estimate of drug-likeness (QED) is 0.0204. The van der Waals surface area contributed by atoms with Gasteiger partial charge in [0.05, 0.1) is 0 Å². The predicted octanol–water partition coefficient (Wildman–Crippen LogP) is 17.8. The average molecular weight is 704 g/mol. The van der Waals surface area contributed by atoms with Crippen molar-refractivity contribution < 1.29 is 4.74 Å². The maximum atomic E-state index is 12.1. The highest BCUT2D eigenvalue weighted by atomic mass is 16.5. The summed E-state index contributed by atoms with van der Waals surface area (Å²) in [6.07, 6.45) is 63.9. The molecule has 0 aromatic rings. The maximum Gasteiger partial charge on any atom is 0.153 e. The highest BCUT2D eigenvalue weighted by Crippen LogP contribution is 2.17. The first-order valence-corrected chi connectivity index (χ1v) is 24.1. The molecule has 0 atom stereocenters. The smallest absolute Gasteiger partial charge is 0.153 e. The molecule has 0 fully saturated rings. The zero-order valence-corrected chi connectivity index (χ0v) is 35.3. The molecular weight excluding hydrogens is 607 g/mol. The molecule has 2 nitrogen and oxygen atoms in total. The maximum absolute atomic E-state index is 12.1. The average Bonchev–Trinajstić information content (AvgIpc) is 3.12. The first-order chi connectivity index (χ1) is 24.8. The van der Waals surface area contributed by atoms with E-state index in [-0.39, 0.29) is 0 Å². The van der Waals surface area contributed by atoms with Crippen LogP contribution >= 0.6 is 0 Å². The Kier molecular flexibility index (Phi) is 46.0. The molecule has 0 unspecified atom stereocenters. The second kappa shape index (κ2) is 46.5. The van der Waals surface area contributed by atoms with Crippen molar-refractivity contribution in [2.24, 2.45) is 0 Å². The van der Waals surface area contributed by atoms with Crippen LogP contribution in [-0.2, 0) is 0 Å². The van der Waals surface area contributed by atoms with Crippen molar-refractivity contribution in [2.45, 2.75) is 296 Å². The molecule has 0 rings (SSSR count). The number of unbranched alkanes of at least 4 members (excludes halogenated alkanes) is 42. The molecule has 0 N–H and O–H groups in total. The number of hydrogen-bond acceptors (Lipinski definition) is 1. The Morgan fingerprint density at radius 3 is 0.660 bits per heavy atom. The molecule has 0 amide bonds. The number of hydrogen-bond donors (Lipinski definition) is 0. The Morgan fingerprint density at radius 1 is 0.260 bits per heavy atom. The van der Waals surface area contributed by atoms with Gasteiger partial charge in [0.15, 0.2) is 12.8 Å². The third-order valence-electron chi connectivity index (χ3n) is 11.4. The van der Waals surface area contributed by atoms with Gasteiger partial charge in [0, 0.05) is 12.8 Å². The van der Waals surface area contributed by atoms with Crippen LogP contribution in [0.1, 0.15) is 296 Å². The highest BCUT2D eigenvalue weighted by molar-refractivity contribution is 5.51. The van der Waals surface area contributed by atoms with Crippen LogP contribution in [0.15, 0.2) is 0 Å². The summed E-state index contributed by atoms with van der Waals surface area (Å²) in [5.74, 6) is 0. The van der Waals surface area contributed by atoms with E-state index in [1.165, 1.54) is 274 Å². The van der Waals surface area contributed by atoms with Crippen LogP contribution in [0.2, 0.25) is 0 Å². The van der Waals surface area contributed by atoms with Crippen LogP contribution < -0.4 is 0 Å². The van der Waals surface area contributed by atoms with Crippen LogP contribution in [-0.4, -0.2) is 17.5 Å². The monoisotopic (exact) mass is 704 g/mol. The second-order valence-electron chi connectivity index (χ2n) is 16.6. The normalized spacial score (nSPS) is 12.0. The topological polar surface area (TPSA) is 26.1 Å². The summed E-state index contributed by atoms with van der Waals surface area (Å²) in [6, 6.07) is 0. The number of rotatable bonds is 45. The molecule has 0 saturated carbocycles. The summed E-state index contributed by atoms with van der Waals surface area (Å²) in [4.78, 5) is 0. The molecule has 0 saturated heterocycles. The van der Waals surface area contributed by atoms with Crippen molar-refractivity contribution >= 4 is 6.21 Å². The van der Waals surface area contributed by atoms with Crippen LogP contribution in [0, 0.1) is 5.21 Å². The van der Waals surface area contributed by atoms with Crippen LogP contribution in [0.5, 0.6) is 0 Å². The Morgan fingerprint density at radius 2 is 0.440 bits per heavy atom. The van der Waals surface area contributed by atoms with E-state index in [1.807, 2.05) is 6.21 Å². The zero-order chi connectivity index (χ0) is 36.1. The standard InChI is InChI=1S/C48H97NO/c1-3-5-7-9-11-13-15-17-18-19-20-21-22-23-24-25-26-27-28-29-30-31-32-33-34-35-36-38-40-42-44-46-48-49(50)47-45-43-41-39-37-16-14-12-10-8-6-4-2/h48H,3-47H2,1-2H3. The molecule has 0 aromatic carbocycles. The van der Waals surface area contributed by atoms with Gasteiger partial charge in [-0.25, -0.2) is 4.74 Å². The van der Waals surface area contributed by atoms with E-state index in [0.29, 0.717) is 6.54 Å². The highest BCUT2D eigenvalue weighted by Gasteiger charge is 1.99. The Balaban J connectivity index is 3.16. The van der Waals surface area contributed by atoms with Gasteiger partial charge in [0.1, 0.15) is 0 Å². The van der Waals surface area contributed by atoms with Crippen molar-refractivity contribution in [3.63, 3.8) is 0 Å². The van der Waals surface area contributed by atoms with Gasteiger partial charge in [-0.1, -0.05) is 271 Å². The van der Waals surface area contributed by atoms with Gasteiger partial charge in [-0.2, -0.15) is 0 Å². The minimum Gasteiger partial charge on any atom is -0.624 e. The van der Waals surface area contributed by atoms with Crippen molar-refractivity contribution in [3.8, 4) is 0 Å². The minimum absolute atomic E-state index is 0.705. The van der Waals surface area contributed by atoms with Gasteiger partial charge in [-0.3, -0.25) is 0 Å². The SMILES string of the molecule is CCCCCCCCCCCCCCCCCCCCCCCCCCCCCCCCCC=[N+]([O-])CCCCCCCCCCCCCC. The molecule has 0 heterocycles. The third kappa shape index (κ3) is 45.5. The lowest BCUT2D eigenvalue weighted by molar-refractivity contribution is -0.454. The van der Waals surface area contributed by atoms with E-state index in [0.717, 1.165) is 12.8 Å². The summed E-state index contributed by atoms with van der Waals surface area (Å²) in [7, 11) is 0. The van der Waals surface area contributed by atoms with Crippen molar-refractivity contribution in [1.29, 1.82) is 0 Å². The molecule has 0 aliphatic rings. The van der Waals surface area contributed by atoms with Gasteiger partial charge >= 0.3 is 0 Å². The number of hydroxylamine groups is 1. The van der Waals surface area contributed by atoms with E-state index < -0.39 is 0 Å². The molecule has 0 bridgehead atoms. The molecule has 300 valence electrons. The van der Waals surface area contributed by atoms with E-state index in [9.17, 15) is 5.21 Å². The minimum atomic E-state index is 0.705. The van der Waals surface area contributed by atoms with Crippen LogP contribution in [0.4, 0.5) is 0 Å². The second-order valence-corrected chi connectivity index (χ2v) is 16.6.